The average Bonchev–Trinajstić information content (AvgIpc) is 3.29. The van der Waals surface area contributed by atoms with Crippen LogP contribution in [0.1, 0.15) is 38.2 Å². The van der Waals surface area contributed by atoms with Gasteiger partial charge in [-0.15, -0.1) is 11.3 Å². The van der Waals surface area contributed by atoms with E-state index in [1.54, 1.807) is 45.0 Å². The monoisotopic (exact) mass is 518 g/mol. The van der Waals surface area contributed by atoms with E-state index in [0.717, 1.165) is 20.3 Å². The van der Waals surface area contributed by atoms with E-state index in [2.05, 4.69) is 30.4 Å². The van der Waals surface area contributed by atoms with Crippen LogP contribution in [0.25, 0.3) is 10.6 Å². The average molecular weight is 519 g/mol. The molecule has 0 spiro atoms. The Kier molecular flexibility index (Phi) is 9.67. The van der Waals surface area contributed by atoms with E-state index in [9.17, 15) is 24.0 Å². The summed E-state index contributed by atoms with van der Waals surface area (Å²) in [6.45, 7) is 5.94. The summed E-state index contributed by atoms with van der Waals surface area (Å²) in [6.07, 6.45) is 0.174. The molecule has 0 bridgehead atoms. The number of thiazole rings is 1. The van der Waals surface area contributed by atoms with Crippen molar-refractivity contribution in [1.82, 2.24) is 15.6 Å². The van der Waals surface area contributed by atoms with Gasteiger partial charge >= 0.3 is 18.0 Å². The van der Waals surface area contributed by atoms with Gasteiger partial charge in [0.15, 0.2) is 0 Å². The summed E-state index contributed by atoms with van der Waals surface area (Å²) in [5.74, 6) is -3.05. The van der Waals surface area contributed by atoms with Gasteiger partial charge in [0.1, 0.15) is 34.8 Å². The number of benzene rings is 1. The second kappa shape index (κ2) is 12.4. The third kappa shape index (κ3) is 9.18. The summed E-state index contributed by atoms with van der Waals surface area (Å²) in [5.41, 5.74) is 0.157. The molecule has 3 amide bonds. The number of amides is 3. The van der Waals surface area contributed by atoms with Crippen molar-refractivity contribution in [2.45, 2.75) is 33.3 Å². The number of aromatic nitrogens is 1. The Balaban J connectivity index is 2.09. The van der Waals surface area contributed by atoms with Gasteiger partial charge in [0.2, 0.25) is 0 Å². The highest BCUT2D eigenvalue weighted by Gasteiger charge is 2.19. The Labute approximate surface area is 211 Å². The van der Waals surface area contributed by atoms with Crippen LogP contribution in [-0.2, 0) is 28.6 Å². The van der Waals surface area contributed by atoms with Gasteiger partial charge in [-0.2, -0.15) is 0 Å². The minimum Gasteiger partial charge on any atom is -0.468 e. The number of nitrogens with zero attached hydrogens (tertiary/aromatic N) is 1. The summed E-state index contributed by atoms with van der Waals surface area (Å²) in [7, 11) is 1.15. The number of anilines is 1. The number of nitrogens with one attached hydrogen (secondary N) is 3. The molecule has 2 rings (SSSR count). The van der Waals surface area contributed by atoms with E-state index in [0.29, 0.717) is 16.3 Å². The topological polar surface area (TPSA) is 162 Å². The zero-order chi connectivity index (χ0) is 26.9. The van der Waals surface area contributed by atoms with Crippen LogP contribution >= 0.6 is 11.3 Å². The van der Waals surface area contributed by atoms with E-state index < -0.39 is 47.7 Å². The molecule has 1 aromatic carbocycles. The highest BCUT2D eigenvalue weighted by molar-refractivity contribution is 7.13. The molecule has 0 aliphatic carbocycles. The minimum atomic E-state index is -0.876. The van der Waals surface area contributed by atoms with Crippen LogP contribution in [0, 0.1) is 0 Å². The van der Waals surface area contributed by atoms with Gasteiger partial charge in [0.05, 0.1) is 7.11 Å². The molecule has 13 heteroatoms. The van der Waals surface area contributed by atoms with Crippen molar-refractivity contribution in [2.75, 3.05) is 19.0 Å². The zero-order valence-corrected chi connectivity index (χ0v) is 21.1. The van der Waals surface area contributed by atoms with Gasteiger partial charge in [-0.3, -0.25) is 24.5 Å². The molecular formula is C23H26N4O8S. The molecule has 0 saturated heterocycles. The summed E-state index contributed by atoms with van der Waals surface area (Å²) in [4.78, 5) is 63.5. The van der Waals surface area contributed by atoms with Crippen molar-refractivity contribution in [1.29, 1.82) is 0 Å². The molecule has 0 saturated carbocycles. The number of methoxy groups -OCH3 is 1. The van der Waals surface area contributed by atoms with Crippen molar-refractivity contribution in [3.05, 3.63) is 47.3 Å². The molecule has 1 aromatic heterocycles. The lowest BCUT2D eigenvalue weighted by Gasteiger charge is -2.19. The number of carbonyl (C=O) groups is 5. The van der Waals surface area contributed by atoms with E-state index in [4.69, 9.17) is 4.74 Å². The van der Waals surface area contributed by atoms with Gasteiger partial charge in [-0.25, -0.2) is 9.78 Å². The van der Waals surface area contributed by atoms with E-state index in [1.165, 1.54) is 16.7 Å². The van der Waals surface area contributed by atoms with Gasteiger partial charge < -0.3 is 24.8 Å². The summed E-state index contributed by atoms with van der Waals surface area (Å²) < 4.78 is 14.3. The fourth-order valence-corrected chi connectivity index (χ4v) is 3.22. The lowest BCUT2D eigenvalue weighted by Crippen LogP contribution is -2.38. The SMILES string of the molecule is COC(=O)CNC(=O)/C(=C\OC(C)=O)NC(=O)c1csc(-c2ccc(NC(=O)OC(C)(C)C)cc2)n1. The van der Waals surface area contributed by atoms with E-state index in [1.807, 2.05) is 0 Å². The molecule has 0 aliphatic rings. The van der Waals surface area contributed by atoms with Gasteiger partial charge in [-0.1, -0.05) is 0 Å². The van der Waals surface area contributed by atoms with Crippen LogP contribution in [0.2, 0.25) is 0 Å². The highest BCUT2D eigenvalue weighted by atomic mass is 32.1. The number of carbonyl (C=O) groups excluding carboxylic acids is 5. The first-order valence-electron chi connectivity index (χ1n) is 10.5. The Morgan fingerprint density at radius 2 is 1.75 bits per heavy atom. The van der Waals surface area contributed by atoms with Gasteiger partial charge in [0, 0.05) is 23.6 Å². The minimum absolute atomic E-state index is 0.000416. The number of hydrogen-bond acceptors (Lipinski definition) is 10. The number of hydrogen-bond donors (Lipinski definition) is 3. The first-order valence-corrected chi connectivity index (χ1v) is 11.4. The molecule has 12 nitrogen and oxygen atoms in total. The van der Waals surface area contributed by atoms with Crippen LogP contribution in [0.15, 0.2) is 41.6 Å². The lowest BCUT2D eigenvalue weighted by atomic mass is 10.2. The Hall–Kier alpha value is -4.26. The number of ether oxygens (including phenoxy) is 3. The molecule has 2 aromatic rings. The Morgan fingerprint density at radius 1 is 1.08 bits per heavy atom. The van der Waals surface area contributed by atoms with Crippen LogP contribution in [0.5, 0.6) is 0 Å². The molecule has 0 atom stereocenters. The number of esters is 2. The van der Waals surface area contributed by atoms with Crippen LogP contribution in [-0.4, -0.2) is 54.1 Å². The van der Waals surface area contributed by atoms with Gasteiger partial charge in [-0.05, 0) is 45.0 Å². The van der Waals surface area contributed by atoms with Crippen molar-refractivity contribution in [2.24, 2.45) is 0 Å². The fraction of sp³-hybridized carbons (Fsp3) is 0.304. The molecule has 1 heterocycles. The molecule has 192 valence electrons. The molecule has 0 fully saturated rings. The van der Waals surface area contributed by atoms with Crippen LogP contribution < -0.4 is 16.0 Å². The quantitative estimate of drug-likeness (QED) is 0.206. The molecular weight excluding hydrogens is 492 g/mol. The third-order valence-electron chi connectivity index (χ3n) is 3.97. The second-order valence-corrected chi connectivity index (χ2v) is 8.95. The van der Waals surface area contributed by atoms with Crippen molar-refractivity contribution < 1.29 is 38.2 Å². The summed E-state index contributed by atoms with van der Waals surface area (Å²) >= 11 is 1.18. The summed E-state index contributed by atoms with van der Waals surface area (Å²) in [5, 5.41) is 9.15. The van der Waals surface area contributed by atoms with Crippen molar-refractivity contribution in [3.63, 3.8) is 0 Å². The molecule has 36 heavy (non-hydrogen) atoms. The zero-order valence-electron chi connectivity index (χ0n) is 20.3. The smallest absolute Gasteiger partial charge is 0.412 e. The normalized spacial score (nSPS) is 11.2. The Morgan fingerprint density at radius 3 is 2.33 bits per heavy atom. The maximum absolute atomic E-state index is 12.7. The highest BCUT2D eigenvalue weighted by Crippen LogP contribution is 2.25. The molecule has 0 radical (unpaired) electrons. The van der Waals surface area contributed by atoms with Gasteiger partial charge in [0.25, 0.3) is 11.8 Å². The predicted molar refractivity (Wildman–Crippen MR) is 130 cm³/mol. The van der Waals surface area contributed by atoms with Crippen molar-refractivity contribution >= 4 is 46.9 Å². The molecule has 0 unspecified atom stereocenters. The first kappa shape index (κ1) is 28.0. The maximum Gasteiger partial charge on any atom is 0.412 e. The van der Waals surface area contributed by atoms with Crippen LogP contribution in [0.4, 0.5) is 10.5 Å². The second-order valence-electron chi connectivity index (χ2n) is 8.10. The lowest BCUT2D eigenvalue weighted by molar-refractivity contribution is -0.141. The largest absolute Gasteiger partial charge is 0.468 e. The van der Waals surface area contributed by atoms with E-state index >= 15 is 0 Å². The fourth-order valence-electron chi connectivity index (χ4n) is 2.42. The van der Waals surface area contributed by atoms with E-state index in [-0.39, 0.29) is 5.69 Å². The standard InChI is InChI=1S/C23H26N4O8S/c1-13(28)34-11-16(19(30)24-10-18(29)33-5)26-20(31)17-12-36-21(27-17)14-6-8-15(9-7-14)25-22(32)35-23(2,3)4/h6-9,11-12H,10H2,1-5H3,(H,24,30)(H,25,32)(H,26,31)/b16-11+. The number of rotatable bonds is 8. The Bertz CT molecular complexity index is 1170. The third-order valence-corrected chi connectivity index (χ3v) is 4.86. The maximum atomic E-state index is 12.7. The first-order chi connectivity index (χ1) is 16.9. The molecule has 0 aliphatic heterocycles. The molecule has 3 N–H and O–H groups in total. The summed E-state index contributed by atoms with van der Waals surface area (Å²) in [6, 6.07) is 6.73. The van der Waals surface area contributed by atoms with Crippen molar-refractivity contribution in [3.8, 4) is 10.6 Å². The predicted octanol–water partition coefficient (Wildman–Crippen LogP) is 2.58. The van der Waals surface area contributed by atoms with Crippen LogP contribution in [0.3, 0.4) is 0 Å².